The summed E-state index contributed by atoms with van der Waals surface area (Å²) in [5, 5.41) is 24.4. The van der Waals surface area contributed by atoms with E-state index >= 15 is 0 Å². The number of carbonyl (C=O) groups excluding carboxylic acids is 4. The van der Waals surface area contributed by atoms with Crippen molar-refractivity contribution in [1.82, 2.24) is 0 Å². The van der Waals surface area contributed by atoms with E-state index in [1.54, 1.807) is 44.2 Å². The molecule has 1 spiro atoms. The third kappa shape index (κ3) is 5.34. The zero-order valence-corrected chi connectivity index (χ0v) is 25.8. The number of ether oxygens (including phenoxy) is 5. The van der Waals surface area contributed by atoms with Crippen LogP contribution in [0.1, 0.15) is 63.4 Å². The number of aliphatic hydroxyl groups is 2. The minimum absolute atomic E-state index is 0.0192. The van der Waals surface area contributed by atoms with Crippen LogP contribution in [0.25, 0.3) is 6.08 Å². The third-order valence-corrected chi connectivity index (χ3v) is 9.37. The van der Waals surface area contributed by atoms with E-state index in [1.165, 1.54) is 32.3 Å². The van der Waals surface area contributed by atoms with Crippen molar-refractivity contribution >= 4 is 30.0 Å². The van der Waals surface area contributed by atoms with Crippen molar-refractivity contribution in [2.75, 3.05) is 6.61 Å². The zero-order valence-electron chi connectivity index (χ0n) is 25.8. The second-order valence-electron chi connectivity index (χ2n) is 12.6. The van der Waals surface area contributed by atoms with Crippen LogP contribution in [-0.4, -0.2) is 81.9 Å². The lowest BCUT2D eigenvalue weighted by Crippen LogP contribution is -2.83. The molecule has 2 saturated carbocycles. The Labute approximate surface area is 260 Å². The summed E-state index contributed by atoms with van der Waals surface area (Å²) in [5.74, 6) is -4.19. The first kappa shape index (κ1) is 32.4. The van der Waals surface area contributed by atoms with Gasteiger partial charge in [0.1, 0.15) is 42.7 Å². The van der Waals surface area contributed by atoms with Gasteiger partial charge in [0, 0.05) is 19.9 Å². The number of carbonyl (C=O) groups is 4. The SMILES string of the molecule is CC(=O)OC[C@@]12[C@@H](OC(=O)/C=C/c3ccccc3)CC[C@](C)(O)[C@]13OC(C)(C)[C@H]([C@@H](O)[C@H]2OC(=O)c1ccoc1)[C@H]3OC(C)=O. The second-order valence-corrected chi connectivity index (χ2v) is 12.6. The largest absolute Gasteiger partial charge is 0.472 e. The number of rotatable bonds is 8. The number of benzene rings is 1. The van der Waals surface area contributed by atoms with E-state index in [9.17, 15) is 29.4 Å². The lowest BCUT2D eigenvalue weighted by Gasteiger charge is -2.65. The molecule has 2 heterocycles. The van der Waals surface area contributed by atoms with Crippen molar-refractivity contribution in [2.45, 2.75) is 88.7 Å². The highest BCUT2D eigenvalue weighted by molar-refractivity contribution is 5.89. The first-order chi connectivity index (χ1) is 21.2. The molecule has 45 heavy (non-hydrogen) atoms. The van der Waals surface area contributed by atoms with Gasteiger partial charge in [0.05, 0.1) is 28.9 Å². The summed E-state index contributed by atoms with van der Waals surface area (Å²) >= 11 is 0. The Morgan fingerprint density at radius 2 is 1.69 bits per heavy atom. The summed E-state index contributed by atoms with van der Waals surface area (Å²) in [4.78, 5) is 51.8. The summed E-state index contributed by atoms with van der Waals surface area (Å²) in [5.41, 5.74) is -6.38. The van der Waals surface area contributed by atoms with Gasteiger partial charge in [0.15, 0.2) is 5.60 Å². The quantitative estimate of drug-likeness (QED) is 0.250. The Hall–Kier alpha value is -4.00. The second kappa shape index (κ2) is 11.7. The Morgan fingerprint density at radius 3 is 2.31 bits per heavy atom. The van der Waals surface area contributed by atoms with Gasteiger partial charge in [-0.3, -0.25) is 9.59 Å². The maximum absolute atomic E-state index is 13.5. The number of hydrogen-bond donors (Lipinski definition) is 2. The van der Waals surface area contributed by atoms with Gasteiger partial charge >= 0.3 is 23.9 Å². The molecular formula is C33H38O12. The van der Waals surface area contributed by atoms with Crippen LogP contribution in [-0.2, 0) is 38.1 Å². The fourth-order valence-corrected chi connectivity index (χ4v) is 7.66. The molecular weight excluding hydrogens is 588 g/mol. The van der Waals surface area contributed by atoms with Crippen molar-refractivity contribution in [1.29, 1.82) is 0 Å². The van der Waals surface area contributed by atoms with Crippen LogP contribution >= 0.6 is 0 Å². The van der Waals surface area contributed by atoms with E-state index in [1.807, 2.05) is 6.07 Å². The highest BCUT2D eigenvalue weighted by Crippen LogP contribution is 2.69. The van der Waals surface area contributed by atoms with Crippen molar-refractivity contribution in [3.8, 4) is 0 Å². The van der Waals surface area contributed by atoms with E-state index in [2.05, 4.69) is 0 Å². The average molecular weight is 627 g/mol. The van der Waals surface area contributed by atoms with E-state index in [4.69, 9.17) is 28.1 Å². The van der Waals surface area contributed by atoms with E-state index in [0.717, 1.165) is 18.8 Å². The fraction of sp³-hybridized carbons (Fsp3) is 0.515. The van der Waals surface area contributed by atoms with Crippen molar-refractivity contribution < 1.29 is 57.5 Å². The molecule has 1 aromatic heterocycles. The zero-order chi connectivity index (χ0) is 32.8. The van der Waals surface area contributed by atoms with Gasteiger partial charge in [0.25, 0.3) is 0 Å². The molecule has 8 atom stereocenters. The summed E-state index contributed by atoms with van der Waals surface area (Å²) in [6.07, 6.45) is -0.673. The van der Waals surface area contributed by atoms with E-state index < -0.39 is 83.0 Å². The molecule has 1 saturated heterocycles. The van der Waals surface area contributed by atoms with Crippen molar-refractivity contribution in [3.63, 3.8) is 0 Å². The number of aliphatic hydroxyl groups excluding tert-OH is 1. The van der Waals surface area contributed by atoms with Crippen molar-refractivity contribution in [2.24, 2.45) is 11.3 Å². The molecule has 2 N–H and O–H groups in total. The minimum atomic E-state index is -2.01. The molecule has 3 fully saturated rings. The Kier molecular flexibility index (Phi) is 8.45. The summed E-state index contributed by atoms with van der Waals surface area (Å²) in [7, 11) is 0. The predicted octanol–water partition coefficient (Wildman–Crippen LogP) is 2.99. The third-order valence-electron chi connectivity index (χ3n) is 9.37. The first-order valence-corrected chi connectivity index (χ1v) is 14.7. The predicted molar refractivity (Wildman–Crippen MR) is 155 cm³/mol. The van der Waals surface area contributed by atoms with Crippen LogP contribution in [0.2, 0.25) is 0 Å². The smallest absolute Gasteiger partial charge is 0.341 e. The van der Waals surface area contributed by atoms with Gasteiger partial charge < -0.3 is 38.3 Å². The van der Waals surface area contributed by atoms with Crippen LogP contribution < -0.4 is 0 Å². The van der Waals surface area contributed by atoms with Gasteiger partial charge in [-0.1, -0.05) is 30.3 Å². The molecule has 12 nitrogen and oxygen atoms in total. The maximum atomic E-state index is 13.5. The first-order valence-electron chi connectivity index (χ1n) is 14.7. The van der Waals surface area contributed by atoms with Gasteiger partial charge in [-0.2, -0.15) is 0 Å². The molecule has 3 aliphatic rings. The molecule has 0 amide bonds. The van der Waals surface area contributed by atoms with Crippen LogP contribution in [0.15, 0.2) is 59.4 Å². The molecule has 2 aliphatic carbocycles. The molecule has 5 rings (SSSR count). The molecule has 2 aromatic rings. The molecule has 0 unspecified atom stereocenters. The Bertz CT molecular complexity index is 1460. The molecule has 12 heteroatoms. The Balaban J connectivity index is 1.71. The van der Waals surface area contributed by atoms with E-state index in [0.29, 0.717) is 0 Å². The van der Waals surface area contributed by atoms with E-state index in [-0.39, 0.29) is 18.4 Å². The normalized spacial score (nSPS) is 34.9. The topological polar surface area (TPSA) is 168 Å². The summed E-state index contributed by atoms with van der Waals surface area (Å²) in [6, 6.07) is 10.4. The standard InChI is InChI=1S/C33H38O12/c1-19(34)41-18-32-23(43-24(36)12-11-21-9-7-6-8-10-21)13-15-31(5,39)33(32)27(42-20(2)35)25(30(3,4)45-33)26(37)28(32)44-29(38)22-14-16-40-17-22/h6-12,14,16-17,23,25-28,37,39H,13,15,18H2,1-5H3/b12-11+/t23-,25+,26+,27+,28+,31-,32-,33-/m0/s1. The van der Waals surface area contributed by atoms with Gasteiger partial charge in [0.2, 0.25) is 0 Å². The number of fused-ring (bicyclic) bond motifs is 1. The molecule has 1 aromatic carbocycles. The highest BCUT2D eigenvalue weighted by Gasteiger charge is 2.86. The highest BCUT2D eigenvalue weighted by atomic mass is 16.6. The van der Waals surface area contributed by atoms with Crippen LogP contribution in [0.3, 0.4) is 0 Å². The molecule has 242 valence electrons. The number of hydrogen-bond acceptors (Lipinski definition) is 12. The average Bonchev–Trinajstić information content (AvgIpc) is 3.57. The lowest BCUT2D eigenvalue weighted by atomic mass is 9.46. The Morgan fingerprint density at radius 1 is 0.978 bits per heavy atom. The maximum Gasteiger partial charge on any atom is 0.341 e. The molecule has 0 radical (unpaired) electrons. The van der Waals surface area contributed by atoms with Crippen LogP contribution in [0, 0.1) is 11.3 Å². The fourth-order valence-electron chi connectivity index (χ4n) is 7.66. The van der Waals surface area contributed by atoms with Crippen LogP contribution in [0.5, 0.6) is 0 Å². The van der Waals surface area contributed by atoms with Crippen LogP contribution in [0.4, 0.5) is 0 Å². The van der Waals surface area contributed by atoms with Gasteiger partial charge in [-0.25, -0.2) is 9.59 Å². The van der Waals surface area contributed by atoms with Gasteiger partial charge in [-0.05, 0) is 51.3 Å². The number of esters is 4. The molecule has 1 aliphatic heterocycles. The van der Waals surface area contributed by atoms with Crippen molar-refractivity contribution in [3.05, 3.63) is 66.1 Å². The summed E-state index contributed by atoms with van der Waals surface area (Å²) in [6.45, 7) is 6.47. The van der Waals surface area contributed by atoms with Gasteiger partial charge in [-0.15, -0.1) is 0 Å². The lowest BCUT2D eigenvalue weighted by molar-refractivity contribution is -0.348. The monoisotopic (exact) mass is 626 g/mol. The number of furan rings is 1. The minimum Gasteiger partial charge on any atom is -0.472 e. The molecule has 2 bridgehead atoms. The summed E-state index contributed by atoms with van der Waals surface area (Å²) < 4.78 is 35.3.